The summed E-state index contributed by atoms with van der Waals surface area (Å²) in [5, 5.41) is 0. The maximum absolute atomic E-state index is 6.24. The zero-order chi connectivity index (χ0) is 15.3. The minimum absolute atomic E-state index is 0.336. The van der Waals surface area contributed by atoms with Crippen LogP contribution in [0, 0.1) is 11.8 Å². The van der Waals surface area contributed by atoms with Gasteiger partial charge in [-0.25, -0.2) is 0 Å². The predicted molar refractivity (Wildman–Crippen MR) is 85.8 cm³/mol. The van der Waals surface area contributed by atoms with E-state index in [0.717, 1.165) is 38.8 Å². The van der Waals surface area contributed by atoms with Crippen molar-refractivity contribution in [1.82, 2.24) is 0 Å². The SMILES string of the molecule is CC(C)(OC1CCC(CN)CC1)OC1CCC(CN)CC1. The van der Waals surface area contributed by atoms with Crippen molar-refractivity contribution in [2.24, 2.45) is 23.3 Å². The average Bonchev–Trinajstić information content (AvgIpc) is 2.48. The van der Waals surface area contributed by atoms with Crippen LogP contribution in [0.2, 0.25) is 0 Å². The normalized spacial score (nSPS) is 34.9. The molecule has 0 spiro atoms. The molecule has 0 amide bonds. The summed E-state index contributed by atoms with van der Waals surface area (Å²) in [6.07, 6.45) is 9.92. The topological polar surface area (TPSA) is 70.5 Å². The maximum Gasteiger partial charge on any atom is 0.163 e. The summed E-state index contributed by atoms with van der Waals surface area (Å²) >= 11 is 0. The van der Waals surface area contributed by atoms with Gasteiger partial charge in [0.25, 0.3) is 0 Å². The van der Waals surface area contributed by atoms with E-state index in [9.17, 15) is 0 Å². The van der Waals surface area contributed by atoms with Crippen LogP contribution in [0.4, 0.5) is 0 Å². The maximum atomic E-state index is 6.24. The van der Waals surface area contributed by atoms with E-state index in [1.165, 1.54) is 25.7 Å². The van der Waals surface area contributed by atoms with E-state index in [-0.39, 0.29) is 0 Å². The Morgan fingerprint density at radius 1 is 0.714 bits per heavy atom. The quantitative estimate of drug-likeness (QED) is 0.740. The highest BCUT2D eigenvalue weighted by molar-refractivity contribution is 4.77. The molecular formula is C17H34N2O2. The second kappa shape index (κ2) is 7.91. The molecule has 0 bridgehead atoms. The molecule has 124 valence electrons. The molecule has 2 rings (SSSR count). The van der Waals surface area contributed by atoms with Crippen molar-refractivity contribution in [3.05, 3.63) is 0 Å². The molecule has 0 aromatic carbocycles. The van der Waals surface area contributed by atoms with Crippen LogP contribution < -0.4 is 11.5 Å². The van der Waals surface area contributed by atoms with Crippen LogP contribution in [-0.4, -0.2) is 31.1 Å². The minimum atomic E-state index is -0.472. The van der Waals surface area contributed by atoms with Crippen LogP contribution >= 0.6 is 0 Å². The van der Waals surface area contributed by atoms with Crippen LogP contribution in [-0.2, 0) is 9.47 Å². The zero-order valence-corrected chi connectivity index (χ0v) is 13.9. The summed E-state index contributed by atoms with van der Waals surface area (Å²) in [4.78, 5) is 0. The van der Waals surface area contributed by atoms with Gasteiger partial charge in [-0.15, -0.1) is 0 Å². The number of ether oxygens (including phenoxy) is 2. The molecule has 4 heteroatoms. The van der Waals surface area contributed by atoms with E-state index in [2.05, 4.69) is 13.8 Å². The summed E-state index contributed by atoms with van der Waals surface area (Å²) in [5.41, 5.74) is 11.5. The van der Waals surface area contributed by atoms with Gasteiger partial charge in [-0.3, -0.25) is 0 Å². The van der Waals surface area contributed by atoms with Crippen molar-refractivity contribution in [3.8, 4) is 0 Å². The van der Waals surface area contributed by atoms with Crippen molar-refractivity contribution >= 4 is 0 Å². The molecule has 2 aliphatic rings. The van der Waals surface area contributed by atoms with Gasteiger partial charge in [-0.05, 0) is 90.1 Å². The van der Waals surface area contributed by atoms with Gasteiger partial charge in [0.2, 0.25) is 0 Å². The first-order valence-corrected chi connectivity index (χ1v) is 8.78. The van der Waals surface area contributed by atoms with Gasteiger partial charge >= 0.3 is 0 Å². The molecular weight excluding hydrogens is 264 g/mol. The van der Waals surface area contributed by atoms with Gasteiger partial charge in [-0.2, -0.15) is 0 Å². The predicted octanol–water partition coefficient (Wildman–Crippen LogP) is 2.79. The summed E-state index contributed by atoms with van der Waals surface area (Å²) in [6.45, 7) is 5.77. The first kappa shape index (κ1) is 17.2. The third-order valence-corrected chi connectivity index (χ3v) is 5.16. The third kappa shape index (κ3) is 5.51. The van der Waals surface area contributed by atoms with Gasteiger partial charge in [0.05, 0.1) is 12.2 Å². The Labute approximate surface area is 129 Å². The lowest BCUT2D eigenvalue weighted by Crippen LogP contribution is -2.40. The molecule has 0 aliphatic heterocycles. The van der Waals surface area contributed by atoms with Crippen molar-refractivity contribution in [2.45, 2.75) is 83.2 Å². The van der Waals surface area contributed by atoms with E-state index in [1.807, 2.05) is 0 Å². The van der Waals surface area contributed by atoms with Crippen LogP contribution in [0.5, 0.6) is 0 Å². The van der Waals surface area contributed by atoms with Crippen LogP contribution in [0.15, 0.2) is 0 Å². The lowest BCUT2D eigenvalue weighted by molar-refractivity contribution is -0.266. The second-order valence-electron chi connectivity index (χ2n) is 7.39. The fourth-order valence-electron chi connectivity index (χ4n) is 3.80. The highest BCUT2D eigenvalue weighted by atomic mass is 16.7. The summed E-state index contributed by atoms with van der Waals surface area (Å²) in [7, 11) is 0. The second-order valence-corrected chi connectivity index (χ2v) is 7.39. The van der Waals surface area contributed by atoms with Gasteiger partial charge in [0.1, 0.15) is 0 Å². The lowest BCUT2D eigenvalue weighted by Gasteiger charge is -2.38. The standard InChI is InChI=1S/C17H34N2O2/c1-17(2,20-15-7-3-13(11-18)4-8-15)21-16-9-5-14(12-19)6-10-16/h13-16H,3-12,18-19H2,1-2H3. The number of rotatable bonds is 6. The molecule has 0 aromatic heterocycles. The molecule has 0 aromatic rings. The summed E-state index contributed by atoms with van der Waals surface area (Å²) in [5.74, 6) is 0.918. The van der Waals surface area contributed by atoms with E-state index in [0.29, 0.717) is 24.0 Å². The molecule has 21 heavy (non-hydrogen) atoms. The Morgan fingerprint density at radius 2 is 1.05 bits per heavy atom. The van der Waals surface area contributed by atoms with Crippen LogP contribution in [0.25, 0.3) is 0 Å². The molecule has 4 nitrogen and oxygen atoms in total. The summed E-state index contributed by atoms with van der Waals surface area (Å²) in [6, 6.07) is 0. The molecule has 0 atom stereocenters. The zero-order valence-electron chi connectivity index (χ0n) is 13.9. The molecule has 2 saturated carbocycles. The third-order valence-electron chi connectivity index (χ3n) is 5.16. The Morgan fingerprint density at radius 3 is 1.33 bits per heavy atom. The van der Waals surface area contributed by atoms with Crippen LogP contribution in [0.1, 0.15) is 65.2 Å². The minimum Gasteiger partial charge on any atom is -0.347 e. The molecule has 0 radical (unpaired) electrons. The van der Waals surface area contributed by atoms with Gasteiger partial charge < -0.3 is 20.9 Å². The first-order valence-electron chi connectivity index (χ1n) is 8.78. The Balaban J connectivity index is 1.72. The Hall–Kier alpha value is -0.160. The van der Waals surface area contributed by atoms with Crippen molar-refractivity contribution in [2.75, 3.05) is 13.1 Å². The smallest absolute Gasteiger partial charge is 0.163 e. The molecule has 0 heterocycles. The fraction of sp³-hybridized carbons (Fsp3) is 1.00. The number of hydrogen-bond donors (Lipinski definition) is 2. The van der Waals surface area contributed by atoms with Crippen molar-refractivity contribution in [3.63, 3.8) is 0 Å². The van der Waals surface area contributed by atoms with Gasteiger partial charge in [0, 0.05) is 0 Å². The Kier molecular flexibility index (Phi) is 6.48. The highest BCUT2D eigenvalue weighted by Gasteiger charge is 2.32. The summed E-state index contributed by atoms with van der Waals surface area (Å²) < 4.78 is 12.5. The van der Waals surface area contributed by atoms with E-state index in [4.69, 9.17) is 20.9 Å². The largest absolute Gasteiger partial charge is 0.347 e. The van der Waals surface area contributed by atoms with Crippen molar-refractivity contribution < 1.29 is 9.47 Å². The molecule has 2 fully saturated rings. The highest BCUT2D eigenvalue weighted by Crippen LogP contribution is 2.32. The fourth-order valence-corrected chi connectivity index (χ4v) is 3.80. The first-order chi connectivity index (χ1) is 10.0. The van der Waals surface area contributed by atoms with Gasteiger partial charge in [0.15, 0.2) is 5.79 Å². The molecule has 0 saturated heterocycles. The number of hydrogen-bond acceptors (Lipinski definition) is 4. The van der Waals surface area contributed by atoms with E-state index >= 15 is 0 Å². The van der Waals surface area contributed by atoms with E-state index in [1.54, 1.807) is 0 Å². The Bertz CT molecular complexity index is 265. The molecule has 2 aliphatic carbocycles. The average molecular weight is 298 g/mol. The number of nitrogens with two attached hydrogens (primary N) is 2. The van der Waals surface area contributed by atoms with Gasteiger partial charge in [-0.1, -0.05) is 0 Å². The van der Waals surface area contributed by atoms with Crippen LogP contribution in [0.3, 0.4) is 0 Å². The lowest BCUT2D eigenvalue weighted by atomic mass is 9.87. The van der Waals surface area contributed by atoms with Crippen molar-refractivity contribution in [1.29, 1.82) is 0 Å². The van der Waals surface area contributed by atoms with E-state index < -0.39 is 5.79 Å². The molecule has 4 N–H and O–H groups in total. The monoisotopic (exact) mass is 298 g/mol. The molecule has 0 unspecified atom stereocenters.